The lowest BCUT2D eigenvalue weighted by Crippen LogP contribution is -2.35. The first-order valence-corrected chi connectivity index (χ1v) is 9.44. The molecule has 25 heavy (non-hydrogen) atoms. The summed E-state index contributed by atoms with van der Waals surface area (Å²) in [6.45, 7) is 2.01. The molecule has 0 radical (unpaired) electrons. The van der Waals surface area contributed by atoms with Crippen molar-refractivity contribution in [2.45, 2.75) is 50.5 Å². The molecule has 2 aromatic heterocycles. The predicted molar refractivity (Wildman–Crippen MR) is 97.1 cm³/mol. The number of nitrogens with zero attached hydrogens (tertiary/aromatic N) is 6. The fourth-order valence-corrected chi connectivity index (χ4v) is 4.02. The van der Waals surface area contributed by atoms with E-state index in [-0.39, 0.29) is 0 Å². The quantitative estimate of drug-likeness (QED) is 0.854. The zero-order valence-electron chi connectivity index (χ0n) is 14.7. The van der Waals surface area contributed by atoms with Crippen molar-refractivity contribution >= 4 is 11.6 Å². The van der Waals surface area contributed by atoms with E-state index >= 15 is 0 Å². The Balaban J connectivity index is 1.30. The van der Waals surface area contributed by atoms with Crippen LogP contribution in [0.2, 0.25) is 0 Å². The second-order valence-electron chi connectivity index (χ2n) is 7.57. The molecule has 0 aromatic carbocycles. The zero-order valence-corrected chi connectivity index (χ0v) is 14.7. The van der Waals surface area contributed by atoms with Crippen LogP contribution in [0.15, 0.2) is 18.3 Å². The summed E-state index contributed by atoms with van der Waals surface area (Å²) in [5, 5.41) is 8.92. The summed E-state index contributed by atoms with van der Waals surface area (Å²) in [5.74, 6) is 3.69. The van der Waals surface area contributed by atoms with E-state index in [1.54, 1.807) is 0 Å². The average Bonchev–Trinajstić information content (AvgIpc) is 3.19. The van der Waals surface area contributed by atoms with Gasteiger partial charge in [0.15, 0.2) is 5.82 Å². The molecule has 1 unspecified atom stereocenters. The average molecular weight is 336 g/mol. The van der Waals surface area contributed by atoms with Crippen molar-refractivity contribution in [1.82, 2.24) is 20.2 Å². The first-order chi connectivity index (χ1) is 12.3. The molecule has 0 amide bonds. The highest BCUT2D eigenvalue weighted by Crippen LogP contribution is 2.38. The number of rotatable bonds is 4. The number of hydrogen-bond acceptors (Lipinski definition) is 6. The fourth-order valence-electron chi connectivity index (χ4n) is 4.02. The molecule has 6 nitrogen and oxygen atoms in total. The maximum atomic E-state index is 4.79. The zero-order chi connectivity index (χ0) is 16.8. The van der Waals surface area contributed by atoms with Crippen LogP contribution in [0.1, 0.15) is 48.7 Å². The SMILES string of the molecule is CN(c1ccnc(C2CC2)n1)C1CCN(c2cc3c(nn2)CCC3)C1. The van der Waals surface area contributed by atoms with Crippen molar-refractivity contribution in [3.8, 4) is 0 Å². The minimum Gasteiger partial charge on any atom is -0.355 e. The number of aryl methyl sites for hydroxylation is 2. The first-order valence-electron chi connectivity index (χ1n) is 9.44. The van der Waals surface area contributed by atoms with Crippen LogP contribution in [0.3, 0.4) is 0 Å². The van der Waals surface area contributed by atoms with Gasteiger partial charge in [-0.2, -0.15) is 5.10 Å². The molecule has 6 heteroatoms. The van der Waals surface area contributed by atoms with Gasteiger partial charge >= 0.3 is 0 Å². The molecule has 130 valence electrons. The topological polar surface area (TPSA) is 58.0 Å². The number of aromatic nitrogens is 4. The minimum absolute atomic E-state index is 0.456. The molecular weight excluding hydrogens is 312 g/mol. The molecule has 2 aromatic rings. The van der Waals surface area contributed by atoms with Gasteiger partial charge in [0.05, 0.1) is 5.69 Å². The van der Waals surface area contributed by atoms with Gasteiger partial charge in [0.2, 0.25) is 0 Å². The van der Waals surface area contributed by atoms with Gasteiger partial charge in [-0.15, -0.1) is 5.10 Å². The van der Waals surface area contributed by atoms with E-state index in [0.29, 0.717) is 12.0 Å². The van der Waals surface area contributed by atoms with Gasteiger partial charge in [0.1, 0.15) is 11.6 Å². The molecular formula is C19H24N6. The van der Waals surface area contributed by atoms with Crippen molar-refractivity contribution in [1.29, 1.82) is 0 Å². The Kier molecular flexibility index (Phi) is 3.57. The summed E-state index contributed by atoms with van der Waals surface area (Å²) < 4.78 is 0. The van der Waals surface area contributed by atoms with Crippen molar-refractivity contribution in [3.05, 3.63) is 35.4 Å². The molecule has 0 N–H and O–H groups in total. The predicted octanol–water partition coefficient (Wildman–Crippen LogP) is 2.35. The third-order valence-corrected chi connectivity index (χ3v) is 5.81. The summed E-state index contributed by atoms with van der Waals surface area (Å²) in [5.41, 5.74) is 2.59. The lowest BCUT2D eigenvalue weighted by molar-refractivity contribution is 0.679. The Morgan fingerprint density at radius 2 is 2.08 bits per heavy atom. The molecule has 3 heterocycles. The fraction of sp³-hybridized carbons (Fsp3) is 0.579. The van der Waals surface area contributed by atoms with Crippen molar-refractivity contribution < 1.29 is 0 Å². The van der Waals surface area contributed by atoms with E-state index in [1.165, 1.54) is 30.5 Å². The standard InChI is InChI=1S/C19H24N6/c1-24(17-7-9-20-19(21-17)13-5-6-13)15-8-10-25(12-15)18-11-14-3-2-4-16(14)22-23-18/h7,9,11,13,15H,2-6,8,10,12H2,1H3. The van der Waals surface area contributed by atoms with E-state index in [9.17, 15) is 0 Å². The van der Waals surface area contributed by atoms with Crippen LogP contribution in [-0.2, 0) is 12.8 Å². The van der Waals surface area contributed by atoms with Crippen LogP contribution in [0.4, 0.5) is 11.6 Å². The Bertz CT molecular complexity index is 787. The largest absolute Gasteiger partial charge is 0.355 e. The third-order valence-electron chi connectivity index (χ3n) is 5.81. The maximum Gasteiger partial charge on any atom is 0.151 e. The van der Waals surface area contributed by atoms with Gasteiger partial charge in [-0.25, -0.2) is 9.97 Å². The van der Waals surface area contributed by atoms with Crippen LogP contribution >= 0.6 is 0 Å². The number of anilines is 2. The van der Waals surface area contributed by atoms with Crippen molar-refractivity contribution in [2.75, 3.05) is 29.9 Å². The first kappa shape index (κ1) is 15.0. The van der Waals surface area contributed by atoms with Crippen LogP contribution in [0.5, 0.6) is 0 Å². The van der Waals surface area contributed by atoms with Crippen LogP contribution in [0.25, 0.3) is 0 Å². The Morgan fingerprint density at radius 3 is 2.96 bits per heavy atom. The number of fused-ring (bicyclic) bond motifs is 1. The highest BCUT2D eigenvalue weighted by Gasteiger charge is 2.30. The van der Waals surface area contributed by atoms with Crippen molar-refractivity contribution in [2.24, 2.45) is 0 Å². The number of hydrogen-bond donors (Lipinski definition) is 0. The lowest BCUT2D eigenvalue weighted by Gasteiger charge is -2.26. The monoisotopic (exact) mass is 336 g/mol. The molecule has 0 bridgehead atoms. The summed E-state index contributed by atoms with van der Waals surface area (Å²) >= 11 is 0. The molecule has 3 aliphatic rings. The molecule has 1 aliphatic heterocycles. The molecule has 2 aliphatic carbocycles. The van der Waals surface area contributed by atoms with Gasteiger partial charge in [0, 0.05) is 38.3 Å². The number of likely N-dealkylation sites (N-methyl/N-ethyl adjacent to an activating group) is 1. The molecule has 0 spiro atoms. The van der Waals surface area contributed by atoms with Crippen LogP contribution in [-0.4, -0.2) is 46.3 Å². The highest BCUT2D eigenvalue weighted by atomic mass is 15.3. The molecule has 2 fully saturated rings. The van der Waals surface area contributed by atoms with Gasteiger partial charge in [-0.3, -0.25) is 0 Å². The lowest BCUT2D eigenvalue weighted by atomic mass is 10.2. The van der Waals surface area contributed by atoms with Gasteiger partial charge in [-0.1, -0.05) is 0 Å². The van der Waals surface area contributed by atoms with E-state index in [1.807, 2.05) is 12.3 Å². The van der Waals surface area contributed by atoms with Gasteiger partial charge in [-0.05, 0) is 56.2 Å². The minimum atomic E-state index is 0.456. The van der Waals surface area contributed by atoms with Crippen molar-refractivity contribution in [3.63, 3.8) is 0 Å². The normalized spacial score (nSPS) is 22.3. The second-order valence-corrected chi connectivity index (χ2v) is 7.57. The highest BCUT2D eigenvalue weighted by molar-refractivity contribution is 5.46. The van der Waals surface area contributed by atoms with Gasteiger partial charge < -0.3 is 9.80 Å². The molecule has 5 rings (SSSR count). The Labute approximate surface area is 148 Å². The second kappa shape index (κ2) is 5.93. The summed E-state index contributed by atoms with van der Waals surface area (Å²) in [6.07, 6.45) is 8.97. The van der Waals surface area contributed by atoms with Gasteiger partial charge in [0.25, 0.3) is 0 Å². The maximum absolute atomic E-state index is 4.79. The van der Waals surface area contributed by atoms with E-state index < -0.39 is 0 Å². The van der Waals surface area contributed by atoms with E-state index in [2.05, 4.69) is 38.1 Å². The summed E-state index contributed by atoms with van der Waals surface area (Å²) in [6, 6.07) is 4.74. The Hall–Kier alpha value is -2.24. The molecule has 1 atom stereocenters. The van der Waals surface area contributed by atoms with Crippen LogP contribution in [0, 0.1) is 0 Å². The summed E-state index contributed by atoms with van der Waals surface area (Å²) in [7, 11) is 2.15. The van der Waals surface area contributed by atoms with E-state index in [4.69, 9.17) is 4.98 Å². The van der Waals surface area contributed by atoms with E-state index in [0.717, 1.165) is 49.8 Å². The molecule has 1 saturated carbocycles. The Morgan fingerprint density at radius 1 is 1.16 bits per heavy atom. The van der Waals surface area contributed by atoms with Crippen LogP contribution < -0.4 is 9.80 Å². The third kappa shape index (κ3) is 2.83. The summed E-state index contributed by atoms with van der Waals surface area (Å²) in [4.78, 5) is 13.9. The molecule has 1 saturated heterocycles. The smallest absolute Gasteiger partial charge is 0.151 e.